The number of hydrogen-bond acceptors (Lipinski definition) is 2. The van der Waals surface area contributed by atoms with Crippen molar-refractivity contribution >= 4 is 28.9 Å². The number of halogens is 2. The molecule has 0 saturated heterocycles. The first-order valence-electron chi connectivity index (χ1n) is 6.98. The maximum atomic E-state index is 6.10. The molecule has 0 bridgehead atoms. The van der Waals surface area contributed by atoms with Crippen molar-refractivity contribution in [2.45, 2.75) is 19.8 Å². The van der Waals surface area contributed by atoms with Gasteiger partial charge in [0.1, 0.15) is 12.4 Å². The van der Waals surface area contributed by atoms with E-state index in [0.717, 1.165) is 11.4 Å². The van der Waals surface area contributed by atoms with Crippen LogP contribution in [0.15, 0.2) is 42.5 Å². The van der Waals surface area contributed by atoms with Crippen LogP contribution in [0.5, 0.6) is 5.75 Å². The maximum absolute atomic E-state index is 6.10. The van der Waals surface area contributed by atoms with Gasteiger partial charge in [-0.1, -0.05) is 55.2 Å². The smallest absolute Gasteiger partial charge is 0.122 e. The minimum Gasteiger partial charge on any atom is -0.491 e. The van der Waals surface area contributed by atoms with Crippen LogP contribution in [-0.4, -0.2) is 13.2 Å². The van der Waals surface area contributed by atoms with Crippen LogP contribution in [0.2, 0.25) is 10.0 Å². The third-order valence-electron chi connectivity index (χ3n) is 3.15. The van der Waals surface area contributed by atoms with Gasteiger partial charge in [0.15, 0.2) is 0 Å². The Morgan fingerprint density at radius 3 is 2.57 bits per heavy atom. The van der Waals surface area contributed by atoms with Gasteiger partial charge in [0.25, 0.3) is 0 Å². The molecule has 0 aromatic heterocycles. The molecule has 0 aliphatic heterocycles. The Morgan fingerprint density at radius 2 is 1.86 bits per heavy atom. The van der Waals surface area contributed by atoms with Crippen molar-refractivity contribution in [3.8, 4) is 5.75 Å². The molecule has 0 unspecified atom stereocenters. The van der Waals surface area contributed by atoms with Gasteiger partial charge in [0.2, 0.25) is 0 Å². The highest BCUT2D eigenvalue weighted by atomic mass is 35.5. The van der Waals surface area contributed by atoms with E-state index in [1.807, 2.05) is 30.3 Å². The predicted molar refractivity (Wildman–Crippen MR) is 91.0 cm³/mol. The average molecular weight is 324 g/mol. The van der Waals surface area contributed by atoms with Crippen LogP contribution in [-0.2, 0) is 0 Å². The molecule has 0 saturated carbocycles. The van der Waals surface area contributed by atoms with Gasteiger partial charge in [-0.2, -0.15) is 0 Å². The zero-order valence-electron chi connectivity index (χ0n) is 12.2. The van der Waals surface area contributed by atoms with Gasteiger partial charge in [-0.05, 0) is 35.7 Å². The Bertz CT molecular complexity index is 599. The number of anilines is 1. The van der Waals surface area contributed by atoms with Crippen LogP contribution in [0.25, 0.3) is 0 Å². The lowest BCUT2D eigenvalue weighted by molar-refractivity contribution is 0.328. The molecular weight excluding hydrogens is 305 g/mol. The fourth-order valence-electron chi connectivity index (χ4n) is 2.07. The zero-order chi connectivity index (χ0) is 15.2. The number of nitrogens with one attached hydrogen (secondary N) is 1. The molecule has 0 aliphatic rings. The van der Waals surface area contributed by atoms with E-state index in [9.17, 15) is 0 Å². The Balaban J connectivity index is 1.88. The largest absolute Gasteiger partial charge is 0.491 e. The van der Waals surface area contributed by atoms with Gasteiger partial charge in [-0.25, -0.2) is 0 Å². The van der Waals surface area contributed by atoms with E-state index in [1.54, 1.807) is 6.07 Å². The first-order chi connectivity index (χ1) is 10.1. The van der Waals surface area contributed by atoms with Crippen molar-refractivity contribution < 1.29 is 4.74 Å². The van der Waals surface area contributed by atoms with Crippen LogP contribution in [0.3, 0.4) is 0 Å². The van der Waals surface area contributed by atoms with Crippen molar-refractivity contribution in [1.29, 1.82) is 0 Å². The molecule has 0 radical (unpaired) electrons. The second kappa shape index (κ2) is 7.58. The predicted octanol–water partition coefficient (Wildman–Crippen LogP) is 5.61. The van der Waals surface area contributed by atoms with Gasteiger partial charge in [-0.15, -0.1) is 0 Å². The lowest BCUT2D eigenvalue weighted by Gasteiger charge is -2.14. The number of benzene rings is 2. The van der Waals surface area contributed by atoms with Gasteiger partial charge in [0.05, 0.1) is 10.7 Å². The first kappa shape index (κ1) is 16.0. The maximum Gasteiger partial charge on any atom is 0.122 e. The molecule has 2 rings (SSSR count). The SMILES string of the molecule is CC(C)c1ccccc1OCCNc1ccc(Cl)cc1Cl. The summed E-state index contributed by atoms with van der Waals surface area (Å²) in [5.74, 6) is 1.39. The van der Waals surface area contributed by atoms with E-state index < -0.39 is 0 Å². The molecule has 1 N–H and O–H groups in total. The fourth-order valence-corrected chi connectivity index (χ4v) is 2.54. The van der Waals surface area contributed by atoms with Gasteiger partial charge >= 0.3 is 0 Å². The fraction of sp³-hybridized carbons (Fsp3) is 0.294. The molecule has 21 heavy (non-hydrogen) atoms. The van der Waals surface area contributed by atoms with Crippen LogP contribution >= 0.6 is 23.2 Å². The molecule has 0 heterocycles. The lowest BCUT2D eigenvalue weighted by atomic mass is 10.0. The van der Waals surface area contributed by atoms with Crippen LogP contribution in [0.4, 0.5) is 5.69 Å². The zero-order valence-corrected chi connectivity index (χ0v) is 13.7. The molecular formula is C17H19Cl2NO. The summed E-state index contributed by atoms with van der Waals surface area (Å²) in [5.41, 5.74) is 2.09. The van der Waals surface area contributed by atoms with Crippen molar-refractivity contribution in [1.82, 2.24) is 0 Å². The lowest BCUT2D eigenvalue weighted by Crippen LogP contribution is -2.12. The monoisotopic (exact) mass is 323 g/mol. The quantitative estimate of drug-likeness (QED) is 0.698. The van der Waals surface area contributed by atoms with E-state index in [2.05, 4.69) is 25.2 Å². The van der Waals surface area contributed by atoms with Crippen molar-refractivity contribution in [3.63, 3.8) is 0 Å². The van der Waals surface area contributed by atoms with E-state index in [0.29, 0.717) is 29.1 Å². The first-order valence-corrected chi connectivity index (χ1v) is 7.74. The summed E-state index contributed by atoms with van der Waals surface area (Å²) in [4.78, 5) is 0. The molecule has 0 aliphatic carbocycles. The van der Waals surface area contributed by atoms with E-state index in [-0.39, 0.29) is 0 Å². The summed E-state index contributed by atoms with van der Waals surface area (Å²) in [7, 11) is 0. The molecule has 0 spiro atoms. The molecule has 2 nitrogen and oxygen atoms in total. The molecule has 0 atom stereocenters. The van der Waals surface area contributed by atoms with Crippen molar-refractivity contribution in [2.24, 2.45) is 0 Å². The Morgan fingerprint density at radius 1 is 1.10 bits per heavy atom. The minimum atomic E-state index is 0.444. The Kier molecular flexibility index (Phi) is 5.77. The number of ether oxygens (including phenoxy) is 1. The van der Waals surface area contributed by atoms with Crippen molar-refractivity contribution in [3.05, 3.63) is 58.1 Å². The summed E-state index contributed by atoms with van der Waals surface area (Å²) >= 11 is 12.0. The normalized spacial score (nSPS) is 10.7. The van der Waals surface area contributed by atoms with Crippen LogP contribution < -0.4 is 10.1 Å². The van der Waals surface area contributed by atoms with Crippen LogP contribution in [0.1, 0.15) is 25.3 Å². The topological polar surface area (TPSA) is 21.3 Å². The minimum absolute atomic E-state index is 0.444. The van der Waals surface area contributed by atoms with E-state index >= 15 is 0 Å². The second-order valence-corrected chi connectivity index (χ2v) is 5.94. The van der Waals surface area contributed by atoms with Gasteiger partial charge in [-0.3, -0.25) is 0 Å². The molecule has 112 valence electrons. The third-order valence-corrected chi connectivity index (χ3v) is 3.70. The van der Waals surface area contributed by atoms with E-state index in [4.69, 9.17) is 27.9 Å². The summed E-state index contributed by atoms with van der Waals surface area (Å²) in [6.45, 7) is 5.57. The highest BCUT2D eigenvalue weighted by molar-refractivity contribution is 6.36. The van der Waals surface area contributed by atoms with Gasteiger partial charge in [0, 0.05) is 11.6 Å². The summed E-state index contributed by atoms with van der Waals surface area (Å²) in [6.07, 6.45) is 0. The number of hydrogen-bond donors (Lipinski definition) is 1. The second-order valence-electron chi connectivity index (χ2n) is 5.09. The molecule has 4 heteroatoms. The standard InChI is InChI=1S/C17H19Cl2NO/c1-12(2)14-5-3-4-6-17(14)21-10-9-20-16-8-7-13(18)11-15(16)19/h3-8,11-12,20H,9-10H2,1-2H3. The van der Waals surface area contributed by atoms with Gasteiger partial charge < -0.3 is 10.1 Å². The molecule has 0 fully saturated rings. The van der Waals surface area contributed by atoms with Crippen LogP contribution in [0, 0.1) is 0 Å². The number of para-hydroxylation sites is 1. The summed E-state index contributed by atoms with van der Waals surface area (Å²) in [5, 5.41) is 4.49. The summed E-state index contributed by atoms with van der Waals surface area (Å²) in [6, 6.07) is 13.5. The molecule has 2 aromatic carbocycles. The summed E-state index contributed by atoms with van der Waals surface area (Å²) < 4.78 is 5.85. The highest BCUT2D eigenvalue weighted by Crippen LogP contribution is 2.26. The Labute approximate surface area is 136 Å². The molecule has 2 aromatic rings. The molecule has 0 amide bonds. The van der Waals surface area contributed by atoms with E-state index in [1.165, 1.54) is 5.56 Å². The Hall–Kier alpha value is -1.38. The number of rotatable bonds is 6. The highest BCUT2D eigenvalue weighted by Gasteiger charge is 2.06. The van der Waals surface area contributed by atoms with Crippen molar-refractivity contribution in [2.75, 3.05) is 18.5 Å². The third kappa shape index (κ3) is 4.55. The average Bonchev–Trinajstić information content (AvgIpc) is 2.45.